The molecule has 0 saturated heterocycles. The summed E-state index contributed by atoms with van der Waals surface area (Å²) in [7, 11) is 0. The number of halogens is 1. The summed E-state index contributed by atoms with van der Waals surface area (Å²) in [5.74, 6) is -0.112. The topological polar surface area (TPSA) is 29.1 Å². The first-order valence-electron chi connectivity index (χ1n) is 6.19. The molecule has 19 heavy (non-hydrogen) atoms. The first-order chi connectivity index (χ1) is 9.06. The summed E-state index contributed by atoms with van der Waals surface area (Å²) < 4.78 is 0. The number of carbonyl (C=O) groups excluding carboxylic acids is 1. The summed E-state index contributed by atoms with van der Waals surface area (Å²) in [6, 6.07) is 5.50. The number of hydrogen-bond donors (Lipinski definition) is 1. The van der Waals surface area contributed by atoms with E-state index in [0.717, 1.165) is 17.6 Å². The molecule has 0 heterocycles. The van der Waals surface area contributed by atoms with Crippen molar-refractivity contribution in [3.8, 4) is 0 Å². The van der Waals surface area contributed by atoms with Crippen molar-refractivity contribution in [2.24, 2.45) is 0 Å². The van der Waals surface area contributed by atoms with Crippen LogP contribution in [0.2, 0.25) is 5.02 Å². The van der Waals surface area contributed by atoms with E-state index in [9.17, 15) is 4.79 Å². The van der Waals surface area contributed by atoms with E-state index >= 15 is 0 Å². The molecule has 0 unspecified atom stereocenters. The molecule has 2 rings (SSSR count). The van der Waals surface area contributed by atoms with Gasteiger partial charge in [-0.3, -0.25) is 4.79 Å². The average molecular weight is 274 g/mol. The number of rotatable bonds is 2. The molecule has 0 bridgehead atoms. The van der Waals surface area contributed by atoms with Gasteiger partial charge in [0.1, 0.15) is 0 Å². The average Bonchev–Trinajstić information content (AvgIpc) is 2.59. The molecule has 0 radical (unpaired) electrons. The van der Waals surface area contributed by atoms with Crippen LogP contribution in [0.25, 0.3) is 0 Å². The van der Waals surface area contributed by atoms with Crippen LogP contribution in [-0.4, -0.2) is 5.91 Å². The lowest BCUT2D eigenvalue weighted by atomic mass is 10.2. The molecule has 1 aromatic rings. The van der Waals surface area contributed by atoms with Crippen molar-refractivity contribution in [1.29, 1.82) is 0 Å². The molecule has 2 nitrogen and oxygen atoms in total. The summed E-state index contributed by atoms with van der Waals surface area (Å²) in [4.78, 5) is 12.1. The Morgan fingerprint density at radius 1 is 1.21 bits per heavy atom. The van der Waals surface area contributed by atoms with Crippen molar-refractivity contribution in [1.82, 2.24) is 0 Å². The molecular weight excluding hydrogens is 258 g/mol. The lowest BCUT2D eigenvalue weighted by Gasteiger charge is -2.07. The molecule has 0 atom stereocenters. The van der Waals surface area contributed by atoms with Crippen LogP contribution in [-0.2, 0) is 4.79 Å². The van der Waals surface area contributed by atoms with E-state index in [1.807, 2.05) is 44.2 Å². The summed E-state index contributed by atoms with van der Waals surface area (Å²) in [5.41, 5.74) is 3.54. The smallest absolute Gasteiger partial charge is 0.255 e. The van der Waals surface area contributed by atoms with Gasteiger partial charge in [-0.25, -0.2) is 0 Å². The molecule has 98 valence electrons. The Hall–Kier alpha value is -1.80. The van der Waals surface area contributed by atoms with Crippen LogP contribution in [0.1, 0.15) is 18.9 Å². The van der Waals surface area contributed by atoms with E-state index in [0.29, 0.717) is 16.3 Å². The molecule has 0 aliphatic heterocycles. The van der Waals surface area contributed by atoms with Gasteiger partial charge in [0.2, 0.25) is 0 Å². The molecule has 1 N–H and O–H groups in total. The second-order valence-electron chi connectivity index (χ2n) is 4.59. The Kier molecular flexibility index (Phi) is 4.23. The van der Waals surface area contributed by atoms with Crippen molar-refractivity contribution < 1.29 is 4.79 Å². The van der Waals surface area contributed by atoms with Gasteiger partial charge < -0.3 is 5.32 Å². The third-order valence-corrected chi connectivity index (χ3v) is 3.40. The van der Waals surface area contributed by atoms with Crippen LogP contribution < -0.4 is 5.32 Å². The Morgan fingerprint density at radius 3 is 2.74 bits per heavy atom. The SMILES string of the molecule is CC1=CCC=C(C(=O)Nc2ccc(C)c(Cl)c2)C=C1. The molecule has 0 fully saturated rings. The van der Waals surface area contributed by atoms with Gasteiger partial charge in [-0.1, -0.05) is 41.5 Å². The van der Waals surface area contributed by atoms with Gasteiger partial charge in [-0.2, -0.15) is 0 Å². The van der Waals surface area contributed by atoms with E-state index in [1.54, 1.807) is 6.07 Å². The summed E-state index contributed by atoms with van der Waals surface area (Å²) in [6.07, 6.45) is 8.55. The summed E-state index contributed by atoms with van der Waals surface area (Å²) in [5, 5.41) is 3.51. The molecule has 0 aromatic heterocycles. The standard InChI is InChI=1S/C16H16ClNO/c1-11-4-3-5-13(8-6-11)16(19)18-14-9-7-12(2)15(17)10-14/h4-10H,3H2,1-2H3,(H,18,19). The van der Waals surface area contributed by atoms with Gasteiger partial charge in [-0.05, 0) is 44.0 Å². The molecular formula is C16H16ClNO. The fourth-order valence-electron chi connectivity index (χ4n) is 1.77. The third kappa shape index (κ3) is 3.58. The summed E-state index contributed by atoms with van der Waals surface area (Å²) in [6.45, 7) is 3.95. The summed E-state index contributed by atoms with van der Waals surface area (Å²) >= 11 is 6.04. The van der Waals surface area contributed by atoms with Gasteiger partial charge in [-0.15, -0.1) is 0 Å². The van der Waals surface area contributed by atoms with Gasteiger partial charge >= 0.3 is 0 Å². The molecule has 0 saturated carbocycles. The number of aryl methyl sites for hydroxylation is 1. The first-order valence-corrected chi connectivity index (χ1v) is 6.56. The zero-order chi connectivity index (χ0) is 13.8. The Bertz CT molecular complexity index is 597. The van der Waals surface area contributed by atoms with Crippen LogP contribution in [0.15, 0.2) is 53.6 Å². The van der Waals surface area contributed by atoms with Crippen molar-refractivity contribution >= 4 is 23.2 Å². The molecule has 3 heteroatoms. The maximum Gasteiger partial charge on any atom is 0.255 e. The Labute approximate surface area is 118 Å². The van der Waals surface area contributed by atoms with Crippen LogP contribution in [0.4, 0.5) is 5.69 Å². The highest BCUT2D eigenvalue weighted by Crippen LogP contribution is 2.21. The number of benzene rings is 1. The van der Waals surface area contributed by atoms with E-state index in [1.165, 1.54) is 0 Å². The third-order valence-electron chi connectivity index (χ3n) is 3.00. The second-order valence-corrected chi connectivity index (χ2v) is 5.00. The normalized spacial score (nSPS) is 14.5. The van der Waals surface area contributed by atoms with Crippen LogP contribution in [0.3, 0.4) is 0 Å². The highest BCUT2D eigenvalue weighted by Gasteiger charge is 2.08. The Balaban J connectivity index is 2.11. The molecule has 0 spiro atoms. The van der Waals surface area contributed by atoms with E-state index in [4.69, 9.17) is 11.6 Å². The fourth-order valence-corrected chi connectivity index (χ4v) is 1.95. The van der Waals surface area contributed by atoms with E-state index < -0.39 is 0 Å². The monoisotopic (exact) mass is 273 g/mol. The lowest BCUT2D eigenvalue weighted by molar-refractivity contribution is -0.112. The predicted octanol–water partition coefficient (Wildman–Crippen LogP) is 4.42. The number of hydrogen-bond acceptors (Lipinski definition) is 1. The molecule has 1 amide bonds. The predicted molar refractivity (Wildman–Crippen MR) is 80.4 cm³/mol. The van der Waals surface area contributed by atoms with E-state index in [-0.39, 0.29) is 5.91 Å². The number of carbonyl (C=O) groups is 1. The number of nitrogens with one attached hydrogen (secondary N) is 1. The minimum absolute atomic E-state index is 0.112. The largest absolute Gasteiger partial charge is 0.322 e. The highest BCUT2D eigenvalue weighted by molar-refractivity contribution is 6.31. The molecule has 1 aliphatic rings. The van der Waals surface area contributed by atoms with Crippen molar-refractivity contribution in [3.63, 3.8) is 0 Å². The van der Waals surface area contributed by atoms with E-state index in [2.05, 4.69) is 11.4 Å². The second kappa shape index (κ2) is 5.89. The lowest BCUT2D eigenvalue weighted by Crippen LogP contribution is -2.13. The van der Waals surface area contributed by atoms with Crippen LogP contribution in [0.5, 0.6) is 0 Å². The van der Waals surface area contributed by atoms with Gasteiger partial charge in [0.15, 0.2) is 0 Å². The zero-order valence-corrected chi connectivity index (χ0v) is 11.8. The van der Waals surface area contributed by atoms with Gasteiger partial charge in [0.25, 0.3) is 5.91 Å². The maximum absolute atomic E-state index is 12.1. The fraction of sp³-hybridized carbons (Fsp3) is 0.188. The minimum atomic E-state index is -0.112. The first kappa shape index (κ1) is 13.6. The zero-order valence-electron chi connectivity index (χ0n) is 11.0. The highest BCUT2D eigenvalue weighted by atomic mass is 35.5. The number of amides is 1. The van der Waals surface area contributed by atoms with Gasteiger partial charge in [0.05, 0.1) is 0 Å². The quantitative estimate of drug-likeness (QED) is 0.849. The maximum atomic E-state index is 12.1. The van der Waals surface area contributed by atoms with Crippen LogP contribution >= 0.6 is 11.6 Å². The molecule has 1 aliphatic carbocycles. The number of allylic oxidation sites excluding steroid dienone is 4. The van der Waals surface area contributed by atoms with Crippen molar-refractivity contribution in [2.45, 2.75) is 20.3 Å². The van der Waals surface area contributed by atoms with Crippen molar-refractivity contribution in [3.05, 3.63) is 64.2 Å². The number of anilines is 1. The minimum Gasteiger partial charge on any atom is -0.322 e. The van der Waals surface area contributed by atoms with Crippen molar-refractivity contribution in [2.75, 3.05) is 5.32 Å². The Morgan fingerprint density at radius 2 is 2.00 bits per heavy atom. The van der Waals surface area contributed by atoms with Gasteiger partial charge in [0, 0.05) is 16.3 Å². The molecule has 1 aromatic carbocycles. The van der Waals surface area contributed by atoms with Crippen LogP contribution in [0, 0.1) is 6.92 Å².